The summed E-state index contributed by atoms with van der Waals surface area (Å²) in [4.78, 5) is 21.1. The lowest BCUT2D eigenvalue weighted by atomic mass is 10.2. The number of carbonyl (C=O) groups excluding carboxylic acids is 1. The largest absolute Gasteiger partial charge is 0.410 e. The molecule has 23 heavy (non-hydrogen) atoms. The molecule has 3 aromatic rings. The van der Waals surface area contributed by atoms with E-state index < -0.39 is 11.0 Å². The van der Waals surface area contributed by atoms with Gasteiger partial charge in [0.1, 0.15) is 0 Å². The van der Waals surface area contributed by atoms with E-state index in [-0.39, 0.29) is 11.4 Å². The third-order valence-electron chi connectivity index (χ3n) is 3.20. The fourth-order valence-electron chi connectivity index (χ4n) is 2.17. The van der Waals surface area contributed by atoms with E-state index in [1.807, 2.05) is 0 Å². The van der Waals surface area contributed by atoms with Crippen LogP contribution in [0, 0.1) is 10.1 Å². The number of aromatic nitrogens is 3. The monoisotopic (exact) mass is 313 g/mol. The summed E-state index contributed by atoms with van der Waals surface area (Å²) in [6.07, 6.45) is -0.928. The van der Waals surface area contributed by atoms with Crippen molar-refractivity contribution >= 4 is 22.8 Å². The summed E-state index contributed by atoms with van der Waals surface area (Å²) in [5.74, 6) is 0.227. The van der Waals surface area contributed by atoms with Crippen molar-refractivity contribution in [2.24, 2.45) is 5.73 Å². The third kappa shape index (κ3) is 2.93. The number of primary amides is 1. The highest BCUT2D eigenvalue weighted by Gasteiger charge is 2.12. The number of fused-ring (bicyclic) bond motifs is 1. The number of rotatable bonds is 4. The van der Waals surface area contributed by atoms with Crippen LogP contribution in [0.1, 0.15) is 5.56 Å². The van der Waals surface area contributed by atoms with Gasteiger partial charge in [-0.15, -0.1) is 5.10 Å². The average Bonchev–Trinajstić information content (AvgIpc) is 2.92. The van der Waals surface area contributed by atoms with Gasteiger partial charge in [-0.25, -0.2) is 9.48 Å². The predicted molar refractivity (Wildman–Crippen MR) is 79.9 cm³/mol. The topological polar surface area (TPSA) is 126 Å². The van der Waals surface area contributed by atoms with Crippen LogP contribution in [0.25, 0.3) is 11.0 Å². The lowest BCUT2D eigenvalue weighted by molar-refractivity contribution is -0.384. The number of nitro benzene ring substituents is 1. The van der Waals surface area contributed by atoms with Gasteiger partial charge in [0.15, 0.2) is 11.3 Å². The Morgan fingerprint density at radius 3 is 2.65 bits per heavy atom. The van der Waals surface area contributed by atoms with Crippen LogP contribution in [0.4, 0.5) is 10.5 Å². The van der Waals surface area contributed by atoms with Gasteiger partial charge in [0, 0.05) is 12.1 Å². The Balaban J connectivity index is 1.91. The number of hydrogen-bond acceptors (Lipinski definition) is 6. The van der Waals surface area contributed by atoms with E-state index in [1.165, 1.54) is 12.1 Å². The molecule has 2 aromatic carbocycles. The highest BCUT2D eigenvalue weighted by Crippen LogP contribution is 2.24. The lowest BCUT2D eigenvalue weighted by Gasteiger charge is -2.04. The Hall–Kier alpha value is -3.49. The maximum atomic E-state index is 10.9. The smallest absolute Gasteiger partial charge is 0.408 e. The van der Waals surface area contributed by atoms with E-state index in [0.29, 0.717) is 17.6 Å². The summed E-state index contributed by atoms with van der Waals surface area (Å²) in [5.41, 5.74) is 6.92. The Labute approximate surface area is 129 Å². The molecule has 0 spiro atoms. The minimum atomic E-state index is -0.928. The molecule has 1 heterocycles. The van der Waals surface area contributed by atoms with E-state index in [0.717, 1.165) is 5.56 Å². The molecule has 1 aromatic heterocycles. The molecule has 0 aliphatic carbocycles. The van der Waals surface area contributed by atoms with Crippen LogP contribution in [0.2, 0.25) is 0 Å². The first-order valence-electron chi connectivity index (χ1n) is 6.57. The van der Waals surface area contributed by atoms with E-state index in [1.54, 1.807) is 35.0 Å². The molecule has 116 valence electrons. The summed E-state index contributed by atoms with van der Waals surface area (Å²) in [6.45, 7) is 0.370. The van der Waals surface area contributed by atoms with E-state index in [4.69, 9.17) is 10.5 Å². The Bertz CT molecular complexity index is 888. The molecule has 1 amide bonds. The number of nitro groups is 1. The van der Waals surface area contributed by atoms with Crippen molar-refractivity contribution in [1.82, 2.24) is 15.0 Å². The number of amides is 1. The molecule has 3 rings (SSSR count). The molecule has 0 saturated heterocycles. The second-order valence-corrected chi connectivity index (χ2v) is 4.72. The number of hydrogen-bond donors (Lipinski definition) is 1. The van der Waals surface area contributed by atoms with Crippen molar-refractivity contribution in [3.8, 4) is 5.75 Å². The maximum absolute atomic E-state index is 10.9. The second kappa shape index (κ2) is 5.72. The van der Waals surface area contributed by atoms with Crippen molar-refractivity contribution in [3.05, 3.63) is 58.1 Å². The Kier molecular flexibility index (Phi) is 3.59. The second-order valence-electron chi connectivity index (χ2n) is 4.72. The van der Waals surface area contributed by atoms with E-state index in [2.05, 4.69) is 10.3 Å². The highest BCUT2D eigenvalue weighted by molar-refractivity contribution is 5.84. The van der Waals surface area contributed by atoms with Gasteiger partial charge in [-0.3, -0.25) is 10.1 Å². The number of nitrogens with two attached hydrogens (primary N) is 1. The van der Waals surface area contributed by atoms with Gasteiger partial charge in [0.2, 0.25) is 0 Å². The first kappa shape index (κ1) is 14.4. The van der Waals surface area contributed by atoms with Gasteiger partial charge in [-0.1, -0.05) is 23.4 Å². The molecule has 0 unspecified atom stereocenters. The minimum absolute atomic E-state index is 0.0225. The summed E-state index contributed by atoms with van der Waals surface area (Å²) < 4.78 is 6.48. The zero-order valence-electron chi connectivity index (χ0n) is 11.7. The maximum Gasteiger partial charge on any atom is 0.410 e. The van der Waals surface area contributed by atoms with Crippen LogP contribution in [0.5, 0.6) is 5.75 Å². The van der Waals surface area contributed by atoms with Crippen molar-refractivity contribution in [1.29, 1.82) is 0 Å². The fourth-order valence-corrected chi connectivity index (χ4v) is 2.17. The number of non-ortho nitro benzene ring substituents is 1. The summed E-state index contributed by atoms with van der Waals surface area (Å²) in [5, 5.41) is 18.7. The van der Waals surface area contributed by atoms with Crippen molar-refractivity contribution in [3.63, 3.8) is 0 Å². The van der Waals surface area contributed by atoms with Gasteiger partial charge in [-0.2, -0.15) is 0 Å². The van der Waals surface area contributed by atoms with Crippen LogP contribution in [0.15, 0.2) is 42.5 Å². The molecule has 9 heteroatoms. The zero-order chi connectivity index (χ0) is 16.4. The van der Waals surface area contributed by atoms with Crippen LogP contribution >= 0.6 is 0 Å². The van der Waals surface area contributed by atoms with Crippen LogP contribution in [-0.4, -0.2) is 26.0 Å². The van der Waals surface area contributed by atoms with Gasteiger partial charge < -0.3 is 10.5 Å². The molecule has 0 radical (unpaired) electrons. The van der Waals surface area contributed by atoms with Crippen LogP contribution in [0.3, 0.4) is 0 Å². The minimum Gasteiger partial charge on any atom is -0.408 e. The number of ether oxygens (including phenoxy) is 1. The fraction of sp³-hybridized carbons (Fsp3) is 0.0714. The first-order chi connectivity index (χ1) is 11.0. The van der Waals surface area contributed by atoms with E-state index >= 15 is 0 Å². The number of benzene rings is 2. The first-order valence-corrected chi connectivity index (χ1v) is 6.57. The molecular formula is C14H11N5O4. The van der Waals surface area contributed by atoms with Gasteiger partial charge in [0.25, 0.3) is 5.69 Å². The molecular weight excluding hydrogens is 302 g/mol. The predicted octanol–water partition coefficient (Wildman–Crippen LogP) is 1.85. The van der Waals surface area contributed by atoms with Crippen LogP contribution in [-0.2, 0) is 6.54 Å². The summed E-state index contributed by atoms with van der Waals surface area (Å²) in [7, 11) is 0. The highest BCUT2D eigenvalue weighted by atomic mass is 16.6. The molecule has 0 bridgehead atoms. The standard InChI is InChI=1S/C14H11N5O4/c15-14(20)23-12-3-1-2-11-13(12)16-17-18(11)8-9-4-6-10(7-5-9)19(21)22/h1-7H,8H2,(H2,15,20). The van der Waals surface area contributed by atoms with Gasteiger partial charge in [0.05, 0.1) is 17.0 Å². The lowest BCUT2D eigenvalue weighted by Crippen LogP contribution is -2.16. The molecule has 0 saturated carbocycles. The molecule has 2 N–H and O–H groups in total. The zero-order valence-corrected chi connectivity index (χ0v) is 11.7. The summed E-state index contributed by atoms with van der Waals surface area (Å²) in [6, 6.07) is 11.2. The normalized spacial score (nSPS) is 10.6. The van der Waals surface area contributed by atoms with Crippen LogP contribution < -0.4 is 10.5 Å². The Morgan fingerprint density at radius 1 is 1.26 bits per heavy atom. The van der Waals surface area contributed by atoms with E-state index in [9.17, 15) is 14.9 Å². The molecule has 9 nitrogen and oxygen atoms in total. The van der Waals surface area contributed by atoms with Gasteiger partial charge in [-0.05, 0) is 17.7 Å². The average molecular weight is 313 g/mol. The molecule has 0 aliphatic heterocycles. The number of nitrogens with zero attached hydrogens (tertiary/aromatic N) is 4. The molecule has 0 atom stereocenters. The van der Waals surface area contributed by atoms with Crippen molar-refractivity contribution in [2.45, 2.75) is 6.54 Å². The third-order valence-corrected chi connectivity index (χ3v) is 3.20. The summed E-state index contributed by atoms with van der Waals surface area (Å²) >= 11 is 0. The molecule has 0 aliphatic rings. The van der Waals surface area contributed by atoms with Crippen molar-refractivity contribution in [2.75, 3.05) is 0 Å². The molecule has 0 fully saturated rings. The number of carbonyl (C=O) groups is 1. The van der Waals surface area contributed by atoms with Crippen molar-refractivity contribution < 1.29 is 14.5 Å². The SMILES string of the molecule is NC(=O)Oc1cccc2c1nnn2Cc1ccc([N+](=O)[O-])cc1. The Morgan fingerprint density at radius 2 is 2.00 bits per heavy atom. The van der Waals surface area contributed by atoms with Gasteiger partial charge >= 0.3 is 6.09 Å². The quantitative estimate of drug-likeness (QED) is 0.578.